The van der Waals surface area contributed by atoms with Gasteiger partial charge in [0.05, 0.1) is 7.11 Å². The van der Waals surface area contributed by atoms with Crippen molar-refractivity contribution in [2.75, 3.05) is 24.7 Å². The molecule has 0 spiro atoms. The Bertz CT molecular complexity index is 525. The maximum Gasteiger partial charge on any atom is 0.120 e. The number of ether oxygens (including phenoxy) is 1. The maximum absolute atomic E-state index is 5.18. The zero-order chi connectivity index (χ0) is 14.2. The highest BCUT2D eigenvalue weighted by Gasteiger charge is 1.96. The molecule has 0 fully saturated rings. The number of nitrogens with one attached hydrogen (secondary N) is 1. The molecule has 0 atom stereocenters. The minimum atomic E-state index is 0.860. The second-order valence-corrected chi connectivity index (χ2v) is 5.71. The van der Waals surface area contributed by atoms with Crippen LogP contribution in [0.3, 0.4) is 0 Å². The van der Waals surface area contributed by atoms with Crippen LogP contribution in [0.4, 0.5) is 5.69 Å². The van der Waals surface area contributed by atoms with Crippen molar-refractivity contribution < 1.29 is 4.74 Å². The summed E-state index contributed by atoms with van der Waals surface area (Å²) in [6.45, 7) is 3.05. The number of aryl methyl sites for hydroxylation is 1. The molecule has 105 valence electrons. The molecule has 0 aliphatic rings. The molecule has 0 saturated carbocycles. The lowest BCUT2D eigenvalue weighted by Crippen LogP contribution is -2.04. The topological polar surface area (TPSA) is 21.3 Å². The van der Waals surface area contributed by atoms with Gasteiger partial charge in [-0.3, -0.25) is 0 Å². The molecular weight excluding hydrogens is 266 g/mol. The second kappa shape index (κ2) is 7.85. The number of rotatable bonds is 7. The van der Waals surface area contributed by atoms with Gasteiger partial charge in [0.2, 0.25) is 0 Å². The predicted molar refractivity (Wildman–Crippen MR) is 87.7 cm³/mol. The van der Waals surface area contributed by atoms with Crippen molar-refractivity contribution in [3.63, 3.8) is 0 Å². The van der Waals surface area contributed by atoms with Crippen LogP contribution in [0.1, 0.15) is 11.1 Å². The van der Waals surface area contributed by atoms with Crippen LogP contribution in [-0.2, 0) is 5.75 Å². The summed E-state index contributed by atoms with van der Waals surface area (Å²) in [7, 11) is 1.68. The summed E-state index contributed by atoms with van der Waals surface area (Å²) in [5, 5.41) is 3.36. The van der Waals surface area contributed by atoms with Crippen molar-refractivity contribution in [1.29, 1.82) is 0 Å². The largest absolute Gasteiger partial charge is 0.497 e. The van der Waals surface area contributed by atoms with Gasteiger partial charge in [-0.2, -0.15) is 11.8 Å². The van der Waals surface area contributed by atoms with Crippen LogP contribution in [0.5, 0.6) is 5.75 Å². The Hall–Kier alpha value is -1.61. The number of benzene rings is 2. The Balaban J connectivity index is 1.67. The molecule has 2 aromatic carbocycles. The molecule has 1 N–H and O–H groups in total. The molecule has 0 heterocycles. The predicted octanol–water partition coefficient (Wildman–Crippen LogP) is 4.15. The first-order valence-corrected chi connectivity index (χ1v) is 7.86. The van der Waals surface area contributed by atoms with Crippen molar-refractivity contribution in [1.82, 2.24) is 0 Å². The van der Waals surface area contributed by atoms with Crippen LogP contribution in [0.2, 0.25) is 0 Å². The molecule has 2 aromatic rings. The first kappa shape index (κ1) is 14.8. The molecule has 0 amide bonds. The molecule has 2 nitrogen and oxygen atoms in total. The summed E-state index contributed by atoms with van der Waals surface area (Å²) in [5.41, 5.74) is 3.68. The average Bonchev–Trinajstić information content (AvgIpc) is 2.49. The molecule has 20 heavy (non-hydrogen) atoms. The van der Waals surface area contributed by atoms with Crippen LogP contribution < -0.4 is 10.1 Å². The average molecular weight is 286 g/mol. The van der Waals surface area contributed by atoms with E-state index < -0.39 is 0 Å². The zero-order valence-corrected chi connectivity index (χ0v) is 12.8. The van der Waals surface area contributed by atoms with E-state index in [2.05, 4.69) is 42.6 Å². The molecule has 0 bridgehead atoms. The monoisotopic (exact) mass is 286 g/mol. The minimum Gasteiger partial charge on any atom is -0.497 e. The lowest BCUT2D eigenvalue weighted by molar-refractivity contribution is 0.415. The Morgan fingerprint density at radius 1 is 1.20 bits per heavy atom. The number of hydrogen-bond acceptors (Lipinski definition) is 3. The van der Waals surface area contributed by atoms with Gasteiger partial charge in [-0.15, -0.1) is 0 Å². The Morgan fingerprint density at radius 3 is 2.75 bits per heavy atom. The van der Waals surface area contributed by atoms with Gasteiger partial charge in [0, 0.05) is 35.9 Å². The SMILES string of the molecule is COc1cc[c]c(NCCSCc2ccc(C)cc2)c1. The molecule has 1 radical (unpaired) electrons. The van der Waals surface area contributed by atoms with Gasteiger partial charge in [-0.1, -0.05) is 29.8 Å². The molecule has 0 saturated heterocycles. The van der Waals surface area contributed by atoms with Crippen LogP contribution in [-0.4, -0.2) is 19.4 Å². The molecule has 0 unspecified atom stereocenters. The lowest BCUT2D eigenvalue weighted by Gasteiger charge is -2.07. The van der Waals surface area contributed by atoms with Crippen molar-refractivity contribution >= 4 is 17.4 Å². The summed E-state index contributed by atoms with van der Waals surface area (Å²) >= 11 is 1.93. The standard InChI is InChI=1S/C17H20NOS/c1-14-6-8-15(9-7-14)13-20-11-10-18-16-4-3-5-17(12-16)19-2/h3,5-9,12,18H,10-11,13H2,1-2H3. The van der Waals surface area contributed by atoms with E-state index in [-0.39, 0.29) is 0 Å². The number of hydrogen-bond donors (Lipinski definition) is 1. The van der Waals surface area contributed by atoms with E-state index in [9.17, 15) is 0 Å². The second-order valence-electron chi connectivity index (χ2n) is 4.61. The fourth-order valence-corrected chi connectivity index (χ4v) is 2.63. The van der Waals surface area contributed by atoms with Crippen molar-refractivity contribution in [3.05, 3.63) is 59.7 Å². The molecule has 2 rings (SSSR count). The Morgan fingerprint density at radius 2 is 2.00 bits per heavy atom. The lowest BCUT2D eigenvalue weighted by atomic mass is 10.2. The fourth-order valence-electron chi connectivity index (χ4n) is 1.81. The summed E-state index contributed by atoms with van der Waals surface area (Å²) in [5.74, 6) is 2.99. The Kier molecular flexibility index (Phi) is 5.81. The third kappa shape index (κ3) is 4.82. The van der Waals surface area contributed by atoms with Crippen molar-refractivity contribution in [2.24, 2.45) is 0 Å². The first-order chi connectivity index (χ1) is 9.78. The summed E-state index contributed by atoms with van der Waals surface area (Å²) in [6.07, 6.45) is 0. The van der Waals surface area contributed by atoms with E-state index >= 15 is 0 Å². The van der Waals surface area contributed by atoms with E-state index in [0.29, 0.717) is 0 Å². The third-order valence-corrected chi connectivity index (χ3v) is 3.99. The van der Waals surface area contributed by atoms with Gasteiger partial charge < -0.3 is 10.1 Å². The minimum absolute atomic E-state index is 0.860. The fraction of sp³-hybridized carbons (Fsp3) is 0.294. The normalized spacial score (nSPS) is 10.3. The number of methoxy groups -OCH3 is 1. The van der Waals surface area contributed by atoms with E-state index in [1.54, 1.807) is 7.11 Å². The van der Waals surface area contributed by atoms with E-state index in [4.69, 9.17) is 4.74 Å². The highest BCUT2D eigenvalue weighted by molar-refractivity contribution is 7.98. The van der Waals surface area contributed by atoms with Gasteiger partial charge in [-0.05, 0) is 24.6 Å². The highest BCUT2D eigenvalue weighted by Crippen LogP contribution is 2.17. The zero-order valence-electron chi connectivity index (χ0n) is 12.0. The van der Waals surface area contributed by atoms with Gasteiger partial charge >= 0.3 is 0 Å². The van der Waals surface area contributed by atoms with Crippen molar-refractivity contribution in [3.8, 4) is 5.75 Å². The molecule has 3 heteroatoms. The van der Waals surface area contributed by atoms with Crippen LogP contribution in [0, 0.1) is 13.0 Å². The molecule has 0 aliphatic heterocycles. The first-order valence-electron chi connectivity index (χ1n) is 6.71. The van der Waals surface area contributed by atoms with E-state index in [0.717, 1.165) is 29.5 Å². The summed E-state index contributed by atoms with van der Waals surface area (Å²) < 4.78 is 5.18. The number of anilines is 1. The third-order valence-electron chi connectivity index (χ3n) is 2.96. The summed E-state index contributed by atoms with van der Waals surface area (Å²) in [4.78, 5) is 0. The quantitative estimate of drug-likeness (QED) is 0.773. The Labute approximate surface area is 125 Å². The molecule has 0 aliphatic carbocycles. The smallest absolute Gasteiger partial charge is 0.120 e. The molecular formula is C17H20NOS. The van der Waals surface area contributed by atoms with Gasteiger partial charge in [0.1, 0.15) is 5.75 Å². The van der Waals surface area contributed by atoms with Gasteiger partial charge in [0.15, 0.2) is 0 Å². The highest BCUT2D eigenvalue weighted by atomic mass is 32.2. The van der Waals surface area contributed by atoms with Crippen LogP contribution in [0.25, 0.3) is 0 Å². The van der Waals surface area contributed by atoms with Crippen LogP contribution in [0.15, 0.2) is 42.5 Å². The van der Waals surface area contributed by atoms with E-state index in [1.807, 2.05) is 30.0 Å². The van der Waals surface area contributed by atoms with E-state index in [1.165, 1.54) is 11.1 Å². The molecule has 0 aromatic heterocycles. The maximum atomic E-state index is 5.18. The number of thioether (sulfide) groups is 1. The van der Waals surface area contributed by atoms with Crippen LogP contribution >= 0.6 is 11.8 Å². The van der Waals surface area contributed by atoms with Gasteiger partial charge in [-0.25, -0.2) is 0 Å². The van der Waals surface area contributed by atoms with Crippen molar-refractivity contribution in [2.45, 2.75) is 12.7 Å². The summed E-state index contributed by atoms with van der Waals surface area (Å²) in [6, 6.07) is 17.6. The van der Waals surface area contributed by atoms with Gasteiger partial charge in [0.25, 0.3) is 0 Å².